The number of hydrogen-bond acceptors (Lipinski definition) is 3. The Hall–Kier alpha value is -2.47. The maximum Gasteiger partial charge on any atom is 0.193 e. The van der Waals surface area contributed by atoms with Gasteiger partial charge in [0.05, 0.1) is 19.7 Å². The predicted octanol–water partition coefficient (Wildman–Crippen LogP) is 2.88. The highest BCUT2D eigenvalue weighted by atomic mass is 16.5. The molecule has 1 N–H and O–H groups in total. The fourth-order valence-electron chi connectivity index (χ4n) is 3.91. The number of aliphatic imine (C=N–C) groups is 1. The van der Waals surface area contributed by atoms with E-state index in [9.17, 15) is 0 Å². The average Bonchev–Trinajstić information content (AvgIpc) is 3.38. The molecule has 6 nitrogen and oxygen atoms in total. The van der Waals surface area contributed by atoms with Gasteiger partial charge in [0, 0.05) is 39.6 Å². The Kier molecular flexibility index (Phi) is 6.98. The van der Waals surface area contributed by atoms with E-state index in [0.29, 0.717) is 6.04 Å². The van der Waals surface area contributed by atoms with E-state index in [2.05, 4.69) is 75.3 Å². The van der Waals surface area contributed by atoms with Gasteiger partial charge in [-0.1, -0.05) is 12.1 Å². The molecule has 1 fully saturated rings. The van der Waals surface area contributed by atoms with Crippen molar-refractivity contribution in [1.29, 1.82) is 0 Å². The summed E-state index contributed by atoms with van der Waals surface area (Å²) in [4.78, 5) is 9.23. The summed E-state index contributed by atoms with van der Waals surface area (Å²) in [6.07, 6.45) is 4.61. The largest absolute Gasteiger partial charge is 0.497 e. The number of hydrogen-bond donors (Lipinski definition) is 1. The Balaban J connectivity index is 1.70. The van der Waals surface area contributed by atoms with Crippen molar-refractivity contribution in [2.24, 2.45) is 12.0 Å². The summed E-state index contributed by atoms with van der Waals surface area (Å²) < 4.78 is 7.60. The minimum atomic E-state index is 0.304. The van der Waals surface area contributed by atoms with Crippen molar-refractivity contribution in [1.82, 2.24) is 19.7 Å². The Morgan fingerprint density at radius 3 is 2.68 bits per heavy atom. The van der Waals surface area contributed by atoms with E-state index in [-0.39, 0.29) is 0 Å². The van der Waals surface area contributed by atoms with Crippen molar-refractivity contribution in [3.63, 3.8) is 0 Å². The summed E-state index contributed by atoms with van der Waals surface area (Å²) in [5.41, 5.74) is 2.55. The number of methoxy groups -OCH3 is 1. The van der Waals surface area contributed by atoms with Gasteiger partial charge in [-0.2, -0.15) is 0 Å². The van der Waals surface area contributed by atoms with Gasteiger partial charge < -0.3 is 19.5 Å². The Labute approximate surface area is 168 Å². The first-order valence-electron chi connectivity index (χ1n) is 10.0. The van der Waals surface area contributed by atoms with E-state index in [1.807, 2.05) is 13.1 Å². The SMILES string of the molecule is CN=C(NCC(c1cccc(OC)c1)N1CCCC1)N(C)Cc1cccn1C. The molecular formula is C22H33N5O. The minimum Gasteiger partial charge on any atom is -0.497 e. The standard InChI is InChI=1S/C22H33N5O/c1-23-22(26(3)17-19-10-8-12-25(19)2)24-16-21(27-13-5-6-14-27)18-9-7-11-20(15-18)28-4/h7-12,15,21H,5-6,13-14,16-17H2,1-4H3,(H,23,24). The van der Waals surface area contributed by atoms with Crippen LogP contribution in [0.2, 0.25) is 0 Å². The summed E-state index contributed by atoms with van der Waals surface area (Å²) in [5.74, 6) is 1.82. The normalized spacial score (nSPS) is 16.2. The van der Waals surface area contributed by atoms with Gasteiger partial charge in [0.2, 0.25) is 0 Å². The number of ether oxygens (including phenoxy) is 1. The lowest BCUT2D eigenvalue weighted by Crippen LogP contribution is -2.43. The molecule has 2 heterocycles. The van der Waals surface area contributed by atoms with Crippen molar-refractivity contribution < 1.29 is 4.74 Å². The van der Waals surface area contributed by atoms with Gasteiger partial charge in [-0.25, -0.2) is 0 Å². The van der Waals surface area contributed by atoms with E-state index >= 15 is 0 Å². The summed E-state index contributed by atoms with van der Waals surface area (Å²) in [6, 6.07) is 13.0. The third kappa shape index (κ3) is 4.87. The van der Waals surface area contributed by atoms with Gasteiger partial charge in [-0.3, -0.25) is 9.89 Å². The molecule has 1 aromatic heterocycles. The number of benzene rings is 1. The molecule has 1 saturated heterocycles. The van der Waals surface area contributed by atoms with Crippen LogP contribution in [-0.2, 0) is 13.6 Å². The lowest BCUT2D eigenvalue weighted by molar-refractivity contribution is 0.243. The molecule has 1 aromatic carbocycles. The van der Waals surface area contributed by atoms with Crippen LogP contribution in [0.4, 0.5) is 0 Å². The molecule has 1 atom stereocenters. The Morgan fingerprint density at radius 1 is 1.25 bits per heavy atom. The predicted molar refractivity (Wildman–Crippen MR) is 115 cm³/mol. The highest BCUT2D eigenvalue weighted by Gasteiger charge is 2.24. The fraction of sp³-hybridized carbons (Fsp3) is 0.500. The van der Waals surface area contributed by atoms with Crippen LogP contribution in [0, 0.1) is 0 Å². The maximum atomic E-state index is 5.45. The highest BCUT2D eigenvalue weighted by Crippen LogP contribution is 2.27. The van der Waals surface area contributed by atoms with Gasteiger partial charge in [-0.05, 0) is 55.8 Å². The first kappa shape index (κ1) is 20.3. The molecule has 0 bridgehead atoms. The zero-order valence-electron chi connectivity index (χ0n) is 17.6. The quantitative estimate of drug-likeness (QED) is 0.590. The molecule has 3 rings (SSSR count). The molecule has 1 unspecified atom stereocenters. The number of aromatic nitrogens is 1. The van der Waals surface area contributed by atoms with E-state index < -0.39 is 0 Å². The van der Waals surface area contributed by atoms with Crippen LogP contribution in [0.25, 0.3) is 0 Å². The molecule has 0 aliphatic carbocycles. The maximum absolute atomic E-state index is 5.45. The molecule has 1 aliphatic heterocycles. The molecular weight excluding hydrogens is 350 g/mol. The van der Waals surface area contributed by atoms with Crippen molar-refractivity contribution in [2.75, 3.05) is 40.8 Å². The lowest BCUT2D eigenvalue weighted by Gasteiger charge is -2.30. The molecule has 0 saturated carbocycles. The average molecular weight is 384 g/mol. The highest BCUT2D eigenvalue weighted by molar-refractivity contribution is 5.79. The van der Waals surface area contributed by atoms with E-state index in [4.69, 9.17) is 4.74 Å². The second kappa shape index (κ2) is 9.64. The van der Waals surface area contributed by atoms with E-state index in [1.165, 1.54) is 24.1 Å². The van der Waals surface area contributed by atoms with Crippen molar-refractivity contribution in [3.8, 4) is 5.75 Å². The van der Waals surface area contributed by atoms with Crippen LogP contribution in [0.3, 0.4) is 0 Å². The molecule has 6 heteroatoms. The van der Waals surface area contributed by atoms with Crippen LogP contribution >= 0.6 is 0 Å². The summed E-state index contributed by atoms with van der Waals surface area (Å²) >= 11 is 0. The third-order valence-corrected chi connectivity index (χ3v) is 5.54. The first-order chi connectivity index (χ1) is 13.6. The summed E-state index contributed by atoms with van der Waals surface area (Å²) in [5, 5.41) is 3.60. The molecule has 28 heavy (non-hydrogen) atoms. The van der Waals surface area contributed by atoms with Crippen LogP contribution in [0.1, 0.15) is 30.1 Å². The molecule has 2 aromatic rings. The number of aryl methyl sites for hydroxylation is 1. The summed E-state index contributed by atoms with van der Waals surface area (Å²) in [7, 11) is 7.73. The Bertz CT molecular complexity index is 779. The van der Waals surface area contributed by atoms with Crippen molar-refractivity contribution in [2.45, 2.75) is 25.4 Å². The molecule has 1 aliphatic rings. The Morgan fingerprint density at radius 2 is 2.04 bits per heavy atom. The minimum absolute atomic E-state index is 0.304. The van der Waals surface area contributed by atoms with Gasteiger partial charge in [0.1, 0.15) is 5.75 Å². The molecule has 0 amide bonds. The molecule has 152 valence electrons. The summed E-state index contributed by atoms with van der Waals surface area (Å²) in [6.45, 7) is 3.91. The lowest BCUT2D eigenvalue weighted by atomic mass is 10.1. The van der Waals surface area contributed by atoms with Gasteiger partial charge in [-0.15, -0.1) is 0 Å². The van der Waals surface area contributed by atoms with Crippen LogP contribution in [0.15, 0.2) is 47.6 Å². The molecule has 0 spiro atoms. The van der Waals surface area contributed by atoms with E-state index in [0.717, 1.165) is 37.9 Å². The molecule has 0 radical (unpaired) electrons. The smallest absolute Gasteiger partial charge is 0.193 e. The number of nitrogens with one attached hydrogen (secondary N) is 1. The number of nitrogens with zero attached hydrogens (tertiary/aromatic N) is 4. The number of rotatable bonds is 7. The van der Waals surface area contributed by atoms with Crippen LogP contribution in [-0.4, -0.2) is 61.2 Å². The third-order valence-electron chi connectivity index (χ3n) is 5.54. The van der Waals surface area contributed by atoms with E-state index in [1.54, 1.807) is 7.11 Å². The van der Waals surface area contributed by atoms with Crippen LogP contribution < -0.4 is 10.1 Å². The first-order valence-corrected chi connectivity index (χ1v) is 10.0. The zero-order valence-corrected chi connectivity index (χ0v) is 17.6. The second-order valence-corrected chi connectivity index (χ2v) is 7.43. The number of likely N-dealkylation sites (tertiary alicyclic amines) is 1. The van der Waals surface area contributed by atoms with Crippen molar-refractivity contribution >= 4 is 5.96 Å². The van der Waals surface area contributed by atoms with Gasteiger partial charge in [0.15, 0.2) is 5.96 Å². The zero-order chi connectivity index (χ0) is 19.9. The number of guanidine groups is 1. The monoisotopic (exact) mass is 383 g/mol. The van der Waals surface area contributed by atoms with Gasteiger partial charge in [0.25, 0.3) is 0 Å². The van der Waals surface area contributed by atoms with Crippen LogP contribution in [0.5, 0.6) is 5.75 Å². The van der Waals surface area contributed by atoms with Gasteiger partial charge >= 0.3 is 0 Å². The second-order valence-electron chi connectivity index (χ2n) is 7.43. The van der Waals surface area contributed by atoms with Crippen molar-refractivity contribution in [3.05, 3.63) is 53.9 Å². The topological polar surface area (TPSA) is 45.0 Å². The fourth-order valence-corrected chi connectivity index (χ4v) is 3.91.